The molecule has 2 rings (SSSR count). The van der Waals surface area contributed by atoms with Gasteiger partial charge in [-0.05, 0) is 6.07 Å². The molecule has 94 valence electrons. The van der Waals surface area contributed by atoms with E-state index in [2.05, 4.69) is 0 Å². The fourth-order valence-electron chi connectivity index (χ4n) is 1.82. The van der Waals surface area contributed by atoms with Crippen molar-refractivity contribution in [1.82, 2.24) is 9.13 Å². The Labute approximate surface area is 101 Å². The quantitative estimate of drug-likeness (QED) is 0.678. The van der Waals surface area contributed by atoms with E-state index in [1.807, 2.05) is 0 Å². The second kappa shape index (κ2) is 3.73. The number of amides is 1. The van der Waals surface area contributed by atoms with Crippen LogP contribution in [-0.2, 0) is 14.1 Å². The van der Waals surface area contributed by atoms with Crippen molar-refractivity contribution in [2.24, 2.45) is 19.8 Å². The summed E-state index contributed by atoms with van der Waals surface area (Å²) in [5.41, 5.74) is 4.11. The Hall–Kier alpha value is -2.57. The molecule has 18 heavy (non-hydrogen) atoms. The monoisotopic (exact) mass is 249 g/mol. The van der Waals surface area contributed by atoms with Gasteiger partial charge in [-0.2, -0.15) is 0 Å². The molecule has 1 aromatic heterocycles. The van der Waals surface area contributed by atoms with Crippen molar-refractivity contribution in [2.75, 3.05) is 0 Å². The maximum atomic E-state index is 11.9. The predicted octanol–water partition coefficient (Wildman–Crippen LogP) is -0.958. The summed E-state index contributed by atoms with van der Waals surface area (Å²) < 4.78 is 2.13. The van der Waals surface area contributed by atoms with Crippen LogP contribution in [0.2, 0.25) is 0 Å². The van der Waals surface area contributed by atoms with Crippen LogP contribution < -0.4 is 17.0 Å². The first-order valence-corrected chi connectivity index (χ1v) is 5.07. The van der Waals surface area contributed by atoms with Crippen molar-refractivity contribution in [2.45, 2.75) is 0 Å². The molecular weight excluding hydrogens is 238 g/mol. The number of hydrogen-bond acceptors (Lipinski definition) is 4. The molecule has 1 amide bonds. The Balaban J connectivity index is 3.09. The summed E-state index contributed by atoms with van der Waals surface area (Å²) in [5.74, 6) is -1.21. The molecule has 0 saturated carbocycles. The van der Waals surface area contributed by atoms with Crippen LogP contribution in [0.1, 0.15) is 10.4 Å². The number of aromatic hydroxyl groups is 1. The van der Waals surface area contributed by atoms with Gasteiger partial charge in [-0.3, -0.25) is 18.7 Å². The first-order chi connectivity index (χ1) is 8.34. The molecule has 7 nitrogen and oxygen atoms in total. The normalized spacial score (nSPS) is 10.8. The molecule has 1 aromatic carbocycles. The summed E-state index contributed by atoms with van der Waals surface area (Å²) in [6.45, 7) is 0. The summed E-state index contributed by atoms with van der Waals surface area (Å²) in [6.07, 6.45) is 0. The minimum Gasteiger partial charge on any atom is -0.507 e. The third-order valence-corrected chi connectivity index (χ3v) is 2.85. The lowest BCUT2D eigenvalue weighted by molar-refractivity contribution is 0.0998. The first kappa shape index (κ1) is 11.9. The fraction of sp³-hybridized carbons (Fsp3) is 0.182. The zero-order valence-electron chi connectivity index (χ0n) is 9.80. The van der Waals surface area contributed by atoms with E-state index in [0.29, 0.717) is 0 Å². The van der Waals surface area contributed by atoms with Crippen LogP contribution in [0.5, 0.6) is 5.75 Å². The second-order valence-corrected chi connectivity index (χ2v) is 3.96. The summed E-state index contributed by atoms with van der Waals surface area (Å²) in [4.78, 5) is 34.7. The third-order valence-electron chi connectivity index (χ3n) is 2.85. The van der Waals surface area contributed by atoms with Gasteiger partial charge in [0, 0.05) is 20.2 Å². The van der Waals surface area contributed by atoms with Crippen LogP contribution in [0.15, 0.2) is 21.7 Å². The summed E-state index contributed by atoms with van der Waals surface area (Å²) >= 11 is 0. The SMILES string of the molecule is Cn1c(=O)c2cc(C(N)=O)c(O)cc2n(C)c1=O. The third kappa shape index (κ3) is 1.48. The summed E-state index contributed by atoms with van der Waals surface area (Å²) in [7, 11) is 2.80. The second-order valence-electron chi connectivity index (χ2n) is 3.96. The van der Waals surface area contributed by atoms with Gasteiger partial charge in [0.05, 0.1) is 16.5 Å². The van der Waals surface area contributed by atoms with Gasteiger partial charge in [-0.1, -0.05) is 0 Å². The van der Waals surface area contributed by atoms with Gasteiger partial charge in [0.2, 0.25) is 0 Å². The number of benzene rings is 1. The van der Waals surface area contributed by atoms with Crippen molar-refractivity contribution >= 4 is 16.8 Å². The molecule has 0 radical (unpaired) electrons. The van der Waals surface area contributed by atoms with Crippen molar-refractivity contribution in [1.29, 1.82) is 0 Å². The fourth-order valence-corrected chi connectivity index (χ4v) is 1.82. The lowest BCUT2D eigenvalue weighted by Crippen LogP contribution is -2.37. The minimum absolute atomic E-state index is 0.145. The molecule has 7 heteroatoms. The Kier molecular flexibility index (Phi) is 2.46. The molecule has 0 fully saturated rings. The number of carbonyl (C=O) groups excluding carboxylic acids is 1. The Morgan fingerprint density at radius 2 is 1.83 bits per heavy atom. The molecule has 0 aliphatic carbocycles. The number of carbonyl (C=O) groups is 1. The molecule has 0 spiro atoms. The highest BCUT2D eigenvalue weighted by Crippen LogP contribution is 2.21. The standard InChI is InChI=1S/C11H11N3O4/c1-13-7-4-8(15)6(9(12)16)3-5(7)10(17)14(2)11(13)18/h3-4,15H,1-2H3,(H2,12,16). The molecule has 0 bridgehead atoms. The van der Waals surface area contributed by atoms with Crippen LogP contribution in [0, 0.1) is 0 Å². The van der Waals surface area contributed by atoms with Gasteiger partial charge >= 0.3 is 5.69 Å². The zero-order chi connectivity index (χ0) is 13.6. The lowest BCUT2D eigenvalue weighted by atomic mass is 10.1. The minimum atomic E-state index is -0.842. The van der Waals surface area contributed by atoms with E-state index in [0.717, 1.165) is 4.57 Å². The maximum absolute atomic E-state index is 11.9. The molecule has 2 aromatic rings. The molecule has 1 heterocycles. The number of rotatable bonds is 1. The number of aromatic nitrogens is 2. The number of aryl methyl sites for hydroxylation is 1. The van der Waals surface area contributed by atoms with Crippen LogP contribution in [0.4, 0.5) is 0 Å². The zero-order valence-corrected chi connectivity index (χ0v) is 9.80. The van der Waals surface area contributed by atoms with E-state index in [4.69, 9.17) is 5.73 Å². The Morgan fingerprint density at radius 3 is 2.39 bits per heavy atom. The summed E-state index contributed by atoms with van der Waals surface area (Å²) in [5, 5.41) is 9.77. The molecule has 0 atom stereocenters. The lowest BCUT2D eigenvalue weighted by Gasteiger charge is -2.09. The maximum Gasteiger partial charge on any atom is 0.330 e. The van der Waals surface area contributed by atoms with E-state index in [1.54, 1.807) is 0 Å². The van der Waals surface area contributed by atoms with E-state index >= 15 is 0 Å². The topological polar surface area (TPSA) is 107 Å². The molecule has 3 N–H and O–H groups in total. The number of nitrogens with zero attached hydrogens (tertiary/aromatic N) is 2. The van der Waals surface area contributed by atoms with Crippen molar-refractivity contribution in [3.63, 3.8) is 0 Å². The van der Waals surface area contributed by atoms with E-state index in [-0.39, 0.29) is 22.2 Å². The van der Waals surface area contributed by atoms with E-state index in [9.17, 15) is 19.5 Å². The van der Waals surface area contributed by atoms with Crippen molar-refractivity contribution in [3.8, 4) is 5.75 Å². The highest BCUT2D eigenvalue weighted by atomic mass is 16.3. The Morgan fingerprint density at radius 1 is 1.22 bits per heavy atom. The van der Waals surface area contributed by atoms with E-state index in [1.165, 1.54) is 30.8 Å². The number of hydrogen-bond donors (Lipinski definition) is 2. The van der Waals surface area contributed by atoms with Crippen molar-refractivity contribution in [3.05, 3.63) is 38.5 Å². The van der Waals surface area contributed by atoms with Gasteiger partial charge in [-0.15, -0.1) is 0 Å². The van der Waals surface area contributed by atoms with Crippen molar-refractivity contribution < 1.29 is 9.90 Å². The average molecular weight is 249 g/mol. The predicted molar refractivity (Wildman–Crippen MR) is 64.6 cm³/mol. The number of nitrogens with two attached hydrogens (primary N) is 1. The largest absolute Gasteiger partial charge is 0.507 e. The highest BCUT2D eigenvalue weighted by Gasteiger charge is 2.14. The smallest absolute Gasteiger partial charge is 0.330 e. The first-order valence-electron chi connectivity index (χ1n) is 5.07. The van der Waals surface area contributed by atoms with Gasteiger partial charge in [0.15, 0.2) is 0 Å². The molecule has 0 aliphatic rings. The summed E-state index contributed by atoms with van der Waals surface area (Å²) in [6, 6.07) is 2.37. The Bertz CT molecular complexity index is 785. The van der Waals surface area contributed by atoms with Gasteiger partial charge in [-0.25, -0.2) is 4.79 Å². The van der Waals surface area contributed by atoms with E-state index < -0.39 is 17.2 Å². The average Bonchev–Trinajstić information content (AvgIpc) is 2.33. The molecule has 0 saturated heterocycles. The molecule has 0 unspecified atom stereocenters. The van der Waals surface area contributed by atoms with Crippen LogP contribution in [0.3, 0.4) is 0 Å². The van der Waals surface area contributed by atoms with Crippen LogP contribution in [-0.4, -0.2) is 20.1 Å². The molecular formula is C11H11N3O4. The van der Waals surface area contributed by atoms with Crippen LogP contribution in [0.25, 0.3) is 10.9 Å². The van der Waals surface area contributed by atoms with Gasteiger partial charge < -0.3 is 10.8 Å². The highest BCUT2D eigenvalue weighted by molar-refractivity contribution is 5.99. The molecule has 0 aliphatic heterocycles. The number of fused-ring (bicyclic) bond motifs is 1. The number of phenols is 1. The van der Waals surface area contributed by atoms with Gasteiger partial charge in [0.25, 0.3) is 11.5 Å². The van der Waals surface area contributed by atoms with Gasteiger partial charge in [0.1, 0.15) is 5.75 Å². The van der Waals surface area contributed by atoms with Crippen LogP contribution >= 0.6 is 0 Å². The number of primary amides is 1.